The molecule has 1 rings (SSSR count). The van der Waals surface area contributed by atoms with Gasteiger partial charge in [0, 0.05) is 0 Å². The van der Waals surface area contributed by atoms with Crippen LogP contribution < -0.4 is 0 Å². The molecular formula is C15H30O. The van der Waals surface area contributed by atoms with Crippen LogP contribution in [0.2, 0.25) is 0 Å². The number of hydrogen-bond acceptors (Lipinski definition) is 1. The Morgan fingerprint density at radius 1 is 1.06 bits per heavy atom. The second-order valence-corrected chi connectivity index (χ2v) is 5.74. The van der Waals surface area contributed by atoms with Crippen LogP contribution in [0.25, 0.3) is 0 Å². The molecule has 0 bridgehead atoms. The second kappa shape index (κ2) is 6.64. The first kappa shape index (κ1) is 14.0. The van der Waals surface area contributed by atoms with Crippen molar-refractivity contribution in [3.63, 3.8) is 0 Å². The smallest absolute Gasteiger partial charge is 0.0675 e. The van der Waals surface area contributed by atoms with Crippen LogP contribution in [0.1, 0.15) is 78.6 Å². The van der Waals surface area contributed by atoms with Crippen molar-refractivity contribution in [1.82, 2.24) is 0 Å². The molecule has 0 amide bonds. The summed E-state index contributed by atoms with van der Waals surface area (Å²) < 4.78 is 0. The Balaban J connectivity index is 2.62. The zero-order chi connectivity index (χ0) is 12.0. The van der Waals surface area contributed by atoms with Gasteiger partial charge in [-0.3, -0.25) is 0 Å². The van der Waals surface area contributed by atoms with E-state index in [9.17, 15) is 5.11 Å². The van der Waals surface area contributed by atoms with Crippen molar-refractivity contribution in [2.45, 2.75) is 84.2 Å². The summed E-state index contributed by atoms with van der Waals surface area (Å²) in [4.78, 5) is 0. The highest BCUT2D eigenvalue weighted by Crippen LogP contribution is 2.41. The predicted octanol–water partition coefficient (Wildman–Crippen LogP) is 4.53. The topological polar surface area (TPSA) is 20.2 Å². The van der Waals surface area contributed by atoms with Crippen molar-refractivity contribution in [1.29, 1.82) is 0 Å². The molecule has 0 aromatic rings. The van der Waals surface area contributed by atoms with Crippen molar-refractivity contribution in [3.05, 3.63) is 0 Å². The molecule has 96 valence electrons. The molecule has 0 radical (unpaired) electrons. The van der Waals surface area contributed by atoms with Crippen LogP contribution in [-0.2, 0) is 0 Å². The van der Waals surface area contributed by atoms with Crippen LogP contribution in [-0.4, -0.2) is 10.7 Å². The Bertz CT molecular complexity index is 182. The quantitative estimate of drug-likeness (QED) is 0.705. The van der Waals surface area contributed by atoms with Crippen LogP contribution >= 0.6 is 0 Å². The van der Waals surface area contributed by atoms with Crippen LogP contribution in [0.4, 0.5) is 0 Å². The number of rotatable bonds is 6. The molecule has 2 unspecified atom stereocenters. The molecule has 0 saturated heterocycles. The van der Waals surface area contributed by atoms with Gasteiger partial charge >= 0.3 is 0 Å². The summed E-state index contributed by atoms with van der Waals surface area (Å²) in [6.45, 7) is 6.69. The molecule has 0 aromatic heterocycles. The van der Waals surface area contributed by atoms with Crippen LogP contribution in [0.3, 0.4) is 0 Å². The first-order chi connectivity index (χ1) is 7.66. The van der Waals surface area contributed by atoms with E-state index in [1.807, 2.05) is 0 Å². The summed E-state index contributed by atoms with van der Waals surface area (Å²) in [5.74, 6) is 1.45. The van der Waals surface area contributed by atoms with E-state index in [-0.39, 0.29) is 5.60 Å². The molecule has 1 aliphatic carbocycles. The molecule has 1 heteroatoms. The average molecular weight is 226 g/mol. The Morgan fingerprint density at radius 2 is 1.69 bits per heavy atom. The summed E-state index contributed by atoms with van der Waals surface area (Å²) in [5, 5.41) is 10.8. The maximum atomic E-state index is 10.8. The molecule has 1 N–H and O–H groups in total. The fourth-order valence-corrected chi connectivity index (χ4v) is 3.55. The SMILES string of the molecule is CCCC(O)(CCC)C1CCCC(CC)C1. The molecule has 0 heterocycles. The molecule has 2 atom stereocenters. The van der Waals surface area contributed by atoms with E-state index in [0.717, 1.165) is 31.6 Å². The van der Waals surface area contributed by atoms with Gasteiger partial charge in [-0.1, -0.05) is 52.9 Å². The van der Waals surface area contributed by atoms with E-state index in [1.165, 1.54) is 32.1 Å². The summed E-state index contributed by atoms with van der Waals surface area (Å²) in [6, 6.07) is 0. The Kier molecular flexibility index (Phi) is 5.82. The van der Waals surface area contributed by atoms with Crippen molar-refractivity contribution in [2.24, 2.45) is 11.8 Å². The third-order valence-electron chi connectivity index (χ3n) is 4.49. The van der Waals surface area contributed by atoms with Gasteiger partial charge < -0.3 is 5.11 Å². The lowest BCUT2D eigenvalue weighted by atomic mass is 9.69. The number of aliphatic hydroxyl groups is 1. The highest BCUT2D eigenvalue weighted by Gasteiger charge is 2.37. The third-order valence-corrected chi connectivity index (χ3v) is 4.49. The first-order valence-corrected chi connectivity index (χ1v) is 7.38. The highest BCUT2D eigenvalue weighted by molar-refractivity contribution is 4.89. The zero-order valence-electron chi connectivity index (χ0n) is 11.5. The maximum absolute atomic E-state index is 10.8. The van der Waals surface area contributed by atoms with Crippen molar-refractivity contribution >= 4 is 0 Å². The summed E-state index contributed by atoms with van der Waals surface area (Å²) in [6.07, 6.45) is 10.8. The molecule has 0 aliphatic heterocycles. The van der Waals surface area contributed by atoms with Gasteiger partial charge in [-0.15, -0.1) is 0 Å². The second-order valence-electron chi connectivity index (χ2n) is 5.74. The molecule has 1 fully saturated rings. The van der Waals surface area contributed by atoms with Crippen molar-refractivity contribution < 1.29 is 5.11 Å². The Morgan fingerprint density at radius 3 is 2.19 bits per heavy atom. The molecule has 0 spiro atoms. The first-order valence-electron chi connectivity index (χ1n) is 7.38. The normalized spacial score (nSPS) is 27.0. The van der Waals surface area contributed by atoms with Gasteiger partial charge in [0.1, 0.15) is 0 Å². The van der Waals surface area contributed by atoms with Gasteiger partial charge in [0.15, 0.2) is 0 Å². The lowest BCUT2D eigenvalue weighted by Gasteiger charge is -2.41. The number of hydrogen-bond donors (Lipinski definition) is 1. The van der Waals surface area contributed by atoms with Gasteiger partial charge in [0.25, 0.3) is 0 Å². The monoisotopic (exact) mass is 226 g/mol. The summed E-state index contributed by atoms with van der Waals surface area (Å²) >= 11 is 0. The summed E-state index contributed by atoms with van der Waals surface area (Å²) in [5.41, 5.74) is -0.350. The minimum Gasteiger partial charge on any atom is -0.390 e. The minimum atomic E-state index is -0.350. The van der Waals surface area contributed by atoms with E-state index in [0.29, 0.717) is 5.92 Å². The Labute approximate surface area is 102 Å². The van der Waals surface area contributed by atoms with E-state index in [4.69, 9.17) is 0 Å². The zero-order valence-corrected chi connectivity index (χ0v) is 11.5. The van der Waals surface area contributed by atoms with E-state index in [2.05, 4.69) is 20.8 Å². The van der Waals surface area contributed by atoms with Gasteiger partial charge in [0.05, 0.1) is 5.60 Å². The van der Waals surface area contributed by atoms with Crippen molar-refractivity contribution in [2.75, 3.05) is 0 Å². The van der Waals surface area contributed by atoms with Gasteiger partial charge in [0.2, 0.25) is 0 Å². The largest absolute Gasteiger partial charge is 0.390 e. The standard InChI is InChI=1S/C15H30O/c1-4-10-15(16,11-5-2)14-9-7-8-13(6-3)12-14/h13-14,16H,4-12H2,1-3H3. The fourth-order valence-electron chi connectivity index (χ4n) is 3.55. The lowest BCUT2D eigenvalue weighted by molar-refractivity contribution is -0.0559. The molecule has 1 saturated carbocycles. The molecule has 0 aromatic carbocycles. The third kappa shape index (κ3) is 3.48. The minimum absolute atomic E-state index is 0.350. The van der Waals surface area contributed by atoms with E-state index >= 15 is 0 Å². The fraction of sp³-hybridized carbons (Fsp3) is 1.00. The molecule has 1 aliphatic rings. The van der Waals surface area contributed by atoms with E-state index < -0.39 is 0 Å². The van der Waals surface area contributed by atoms with E-state index in [1.54, 1.807) is 0 Å². The van der Waals surface area contributed by atoms with Gasteiger partial charge in [-0.05, 0) is 37.5 Å². The lowest BCUT2D eigenvalue weighted by Crippen LogP contribution is -2.40. The average Bonchev–Trinajstić information content (AvgIpc) is 2.30. The summed E-state index contributed by atoms with van der Waals surface area (Å²) in [7, 11) is 0. The van der Waals surface area contributed by atoms with Crippen LogP contribution in [0.5, 0.6) is 0 Å². The van der Waals surface area contributed by atoms with Crippen molar-refractivity contribution in [3.8, 4) is 0 Å². The Hall–Kier alpha value is -0.0400. The van der Waals surface area contributed by atoms with Gasteiger partial charge in [-0.25, -0.2) is 0 Å². The highest BCUT2D eigenvalue weighted by atomic mass is 16.3. The maximum Gasteiger partial charge on any atom is 0.0675 e. The van der Waals surface area contributed by atoms with Crippen LogP contribution in [0, 0.1) is 11.8 Å². The molecule has 16 heavy (non-hydrogen) atoms. The molecule has 1 nitrogen and oxygen atoms in total. The molecular weight excluding hydrogens is 196 g/mol. The predicted molar refractivity (Wildman–Crippen MR) is 70.5 cm³/mol. The van der Waals surface area contributed by atoms with Crippen LogP contribution in [0.15, 0.2) is 0 Å². The van der Waals surface area contributed by atoms with Gasteiger partial charge in [-0.2, -0.15) is 0 Å².